The van der Waals surface area contributed by atoms with E-state index in [1.807, 2.05) is 11.8 Å². The summed E-state index contributed by atoms with van der Waals surface area (Å²) in [6, 6.07) is 0. The van der Waals surface area contributed by atoms with Crippen LogP contribution in [0.5, 0.6) is 0 Å². The molecule has 5 nitrogen and oxygen atoms in total. The fourth-order valence-corrected chi connectivity index (χ4v) is 3.30. The lowest BCUT2D eigenvalue weighted by Gasteiger charge is -2.16. The molecule has 2 fully saturated rings. The van der Waals surface area contributed by atoms with Gasteiger partial charge < -0.3 is 4.90 Å². The minimum absolute atomic E-state index is 0.0247. The average molecular weight is 308 g/mol. The molecule has 0 radical (unpaired) electrons. The standard InChI is InChI=1S/C17H28N2O3/c1-13-8-10-18(12-13)15(20)7-5-3-4-6-9-19-16(21)11-14(2)17(19)22/h13-14H,3-12H2,1-2H3/t13-,14?/m1/s1. The summed E-state index contributed by atoms with van der Waals surface area (Å²) in [7, 11) is 0. The highest BCUT2D eigenvalue weighted by molar-refractivity contribution is 6.03. The summed E-state index contributed by atoms with van der Waals surface area (Å²) in [5.74, 6) is 0.720. The number of likely N-dealkylation sites (tertiary alicyclic amines) is 2. The first kappa shape index (κ1) is 17.0. The van der Waals surface area contributed by atoms with E-state index in [-0.39, 0.29) is 23.6 Å². The summed E-state index contributed by atoms with van der Waals surface area (Å²) in [5.41, 5.74) is 0. The van der Waals surface area contributed by atoms with Crippen molar-refractivity contribution in [2.24, 2.45) is 11.8 Å². The number of rotatable bonds is 7. The number of nitrogens with zero attached hydrogens (tertiary/aromatic N) is 2. The van der Waals surface area contributed by atoms with Crippen LogP contribution in [0.25, 0.3) is 0 Å². The molecule has 2 aliphatic heterocycles. The molecule has 2 rings (SSSR count). The van der Waals surface area contributed by atoms with E-state index in [0.29, 0.717) is 25.3 Å². The molecule has 2 heterocycles. The zero-order chi connectivity index (χ0) is 16.1. The lowest BCUT2D eigenvalue weighted by atomic mass is 10.1. The molecule has 3 amide bonds. The van der Waals surface area contributed by atoms with Gasteiger partial charge in [-0.2, -0.15) is 0 Å². The van der Waals surface area contributed by atoms with Crippen LogP contribution in [0, 0.1) is 11.8 Å². The smallest absolute Gasteiger partial charge is 0.232 e. The van der Waals surface area contributed by atoms with Crippen LogP contribution < -0.4 is 0 Å². The van der Waals surface area contributed by atoms with Crippen LogP contribution in [0.1, 0.15) is 58.8 Å². The number of amides is 3. The molecule has 1 unspecified atom stereocenters. The van der Waals surface area contributed by atoms with Crippen molar-refractivity contribution in [2.45, 2.75) is 58.8 Å². The predicted octanol–water partition coefficient (Wildman–Crippen LogP) is 2.20. The van der Waals surface area contributed by atoms with Gasteiger partial charge >= 0.3 is 0 Å². The van der Waals surface area contributed by atoms with E-state index in [4.69, 9.17) is 0 Å². The monoisotopic (exact) mass is 308 g/mol. The maximum Gasteiger partial charge on any atom is 0.232 e. The molecule has 22 heavy (non-hydrogen) atoms. The van der Waals surface area contributed by atoms with Crippen molar-refractivity contribution in [2.75, 3.05) is 19.6 Å². The summed E-state index contributed by atoms with van der Waals surface area (Å²) in [4.78, 5) is 38.8. The van der Waals surface area contributed by atoms with Crippen molar-refractivity contribution in [3.8, 4) is 0 Å². The fourth-order valence-electron chi connectivity index (χ4n) is 3.30. The van der Waals surface area contributed by atoms with E-state index in [2.05, 4.69) is 6.92 Å². The molecule has 124 valence electrons. The minimum Gasteiger partial charge on any atom is -0.342 e. The summed E-state index contributed by atoms with van der Waals surface area (Å²) in [6.45, 7) is 6.37. The van der Waals surface area contributed by atoms with Gasteiger partial charge in [0.15, 0.2) is 0 Å². The van der Waals surface area contributed by atoms with Gasteiger partial charge in [0, 0.05) is 38.4 Å². The number of unbranched alkanes of at least 4 members (excludes halogenated alkanes) is 3. The molecule has 0 spiro atoms. The van der Waals surface area contributed by atoms with Gasteiger partial charge in [0.25, 0.3) is 0 Å². The molecule has 0 aromatic carbocycles. The van der Waals surface area contributed by atoms with E-state index >= 15 is 0 Å². The molecule has 0 aromatic heterocycles. The van der Waals surface area contributed by atoms with Crippen LogP contribution in [0.15, 0.2) is 0 Å². The van der Waals surface area contributed by atoms with Gasteiger partial charge in [0.1, 0.15) is 0 Å². The Morgan fingerprint density at radius 3 is 2.45 bits per heavy atom. The molecular formula is C17H28N2O3. The first-order valence-electron chi connectivity index (χ1n) is 8.61. The van der Waals surface area contributed by atoms with Crippen molar-refractivity contribution in [3.63, 3.8) is 0 Å². The Morgan fingerprint density at radius 1 is 1.14 bits per heavy atom. The summed E-state index contributed by atoms with van der Waals surface area (Å²) < 4.78 is 0. The molecule has 0 bridgehead atoms. The van der Waals surface area contributed by atoms with Gasteiger partial charge in [0.2, 0.25) is 17.7 Å². The second kappa shape index (κ2) is 7.75. The van der Waals surface area contributed by atoms with Gasteiger partial charge in [-0.25, -0.2) is 0 Å². The normalized spacial score (nSPS) is 25.4. The second-order valence-electron chi connectivity index (χ2n) is 6.89. The second-order valence-corrected chi connectivity index (χ2v) is 6.89. The van der Waals surface area contributed by atoms with Crippen LogP contribution in [-0.2, 0) is 14.4 Å². The van der Waals surface area contributed by atoms with Gasteiger partial charge in [0.05, 0.1) is 0 Å². The minimum atomic E-state index is -0.145. The highest BCUT2D eigenvalue weighted by Crippen LogP contribution is 2.20. The van der Waals surface area contributed by atoms with Gasteiger partial charge in [-0.15, -0.1) is 0 Å². The number of carbonyl (C=O) groups excluding carboxylic acids is 3. The van der Waals surface area contributed by atoms with E-state index in [9.17, 15) is 14.4 Å². The van der Waals surface area contributed by atoms with E-state index < -0.39 is 0 Å². The van der Waals surface area contributed by atoms with Crippen molar-refractivity contribution in [1.29, 1.82) is 0 Å². The van der Waals surface area contributed by atoms with E-state index in [1.54, 1.807) is 0 Å². The molecule has 0 aromatic rings. The number of hydrogen-bond acceptors (Lipinski definition) is 3. The van der Waals surface area contributed by atoms with Crippen molar-refractivity contribution in [3.05, 3.63) is 0 Å². The third-order valence-electron chi connectivity index (χ3n) is 4.77. The Labute approximate surface area is 133 Å². The quantitative estimate of drug-likeness (QED) is 0.535. The zero-order valence-corrected chi connectivity index (χ0v) is 13.8. The third kappa shape index (κ3) is 4.31. The molecular weight excluding hydrogens is 280 g/mol. The van der Waals surface area contributed by atoms with Gasteiger partial charge in [-0.1, -0.05) is 26.7 Å². The average Bonchev–Trinajstić information content (AvgIpc) is 3.00. The first-order chi connectivity index (χ1) is 10.5. The maximum atomic E-state index is 12.0. The molecule has 2 atom stereocenters. The Kier molecular flexibility index (Phi) is 5.98. The van der Waals surface area contributed by atoms with Crippen LogP contribution in [0.4, 0.5) is 0 Å². The number of carbonyl (C=O) groups is 3. The third-order valence-corrected chi connectivity index (χ3v) is 4.77. The highest BCUT2D eigenvalue weighted by atomic mass is 16.2. The van der Waals surface area contributed by atoms with Crippen LogP contribution in [0.2, 0.25) is 0 Å². The maximum absolute atomic E-state index is 12.0. The predicted molar refractivity (Wildman–Crippen MR) is 83.9 cm³/mol. The molecule has 2 aliphatic rings. The topological polar surface area (TPSA) is 57.7 Å². The first-order valence-corrected chi connectivity index (χ1v) is 8.61. The lowest BCUT2D eigenvalue weighted by molar-refractivity contribution is -0.139. The van der Waals surface area contributed by atoms with Crippen LogP contribution in [-0.4, -0.2) is 47.2 Å². The Balaban J connectivity index is 1.54. The molecule has 0 aliphatic carbocycles. The number of imide groups is 1. The van der Waals surface area contributed by atoms with Gasteiger partial charge in [-0.3, -0.25) is 19.3 Å². The number of hydrogen-bond donors (Lipinski definition) is 0. The molecule has 5 heteroatoms. The van der Waals surface area contributed by atoms with Crippen LogP contribution >= 0.6 is 0 Å². The van der Waals surface area contributed by atoms with Crippen molar-refractivity contribution >= 4 is 17.7 Å². The zero-order valence-electron chi connectivity index (χ0n) is 13.8. The van der Waals surface area contributed by atoms with Crippen LogP contribution in [0.3, 0.4) is 0 Å². The largest absolute Gasteiger partial charge is 0.342 e. The SMILES string of the molecule is CC1CC(=O)N(CCCCCCC(=O)N2CC[C@@H](C)C2)C1=O. The Hall–Kier alpha value is -1.39. The Bertz CT molecular complexity index is 436. The van der Waals surface area contributed by atoms with Crippen molar-refractivity contribution in [1.82, 2.24) is 9.80 Å². The molecule has 2 saturated heterocycles. The highest BCUT2D eigenvalue weighted by Gasteiger charge is 2.34. The Morgan fingerprint density at radius 2 is 1.86 bits per heavy atom. The van der Waals surface area contributed by atoms with E-state index in [1.165, 1.54) is 4.90 Å². The van der Waals surface area contributed by atoms with Gasteiger partial charge in [-0.05, 0) is 25.2 Å². The lowest BCUT2D eigenvalue weighted by Crippen LogP contribution is -2.31. The summed E-state index contributed by atoms with van der Waals surface area (Å²) in [5, 5.41) is 0. The summed E-state index contributed by atoms with van der Waals surface area (Å²) in [6.07, 6.45) is 5.83. The molecule has 0 N–H and O–H groups in total. The fraction of sp³-hybridized carbons (Fsp3) is 0.824. The summed E-state index contributed by atoms with van der Waals surface area (Å²) >= 11 is 0. The van der Waals surface area contributed by atoms with E-state index in [0.717, 1.165) is 45.2 Å². The van der Waals surface area contributed by atoms with Crippen molar-refractivity contribution < 1.29 is 14.4 Å². The molecule has 0 saturated carbocycles.